The Labute approximate surface area is 167 Å². The lowest BCUT2D eigenvalue weighted by molar-refractivity contribution is -0.385. The second-order valence-electron chi connectivity index (χ2n) is 6.52. The summed E-state index contributed by atoms with van der Waals surface area (Å²) >= 11 is 0. The average Bonchev–Trinajstić information content (AvgIpc) is 2.74. The molecule has 0 bridgehead atoms. The molecule has 1 unspecified atom stereocenters. The number of hydrogen-bond donors (Lipinski definition) is 1. The smallest absolute Gasteiger partial charge is 0.373 e. The van der Waals surface area contributed by atoms with Crippen LogP contribution in [-0.4, -0.2) is 14.9 Å². The van der Waals surface area contributed by atoms with Crippen LogP contribution >= 0.6 is 0 Å². The summed E-state index contributed by atoms with van der Waals surface area (Å²) in [5.74, 6) is 0.466. The number of benzene rings is 3. The van der Waals surface area contributed by atoms with Crippen LogP contribution in [0.1, 0.15) is 18.5 Å². The van der Waals surface area contributed by atoms with E-state index in [0.717, 1.165) is 16.3 Å². The van der Waals surface area contributed by atoms with E-state index >= 15 is 0 Å². The first-order chi connectivity index (χ1) is 14.1. The third-order valence-corrected chi connectivity index (χ3v) is 4.56. The number of aromatic nitrogens is 2. The summed E-state index contributed by atoms with van der Waals surface area (Å²) in [5.41, 5.74) is 0.681. The number of nitro groups is 1. The van der Waals surface area contributed by atoms with Gasteiger partial charge in [-0.2, -0.15) is 4.98 Å². The molecule has 29 heavy (non-hydrogen) atoms. The minimum absolute atomic E-state index is 0.108. The van der Waals surface area contributed by atoms with Crippen LogP contribution in [0.25, 0.3) is 10.8 Å². The fourth-order valence-electron chi connectivity index (χ4n) is 3.08. The Kier molecular flexibility index (Phi) is 5.03. The standard InChI is InChI=1S/C22H18N4O3/c1-15(16-7-3-2-4-8-16)25-21-20(26(27)28)22(24-14-23-21)29-19-12-11-17-9-5-6-10-18(17)13-19/h2-15H,1H3,(H,23,24,25). The molecule has 0 amide bonds. The Morgan fingerprint density at radius 1 is 0.966 bits per heavy atom. The van der Waals surface area contributed by atoms with Gasteiger partial charge in [0, 0.05) is 0 Å². The highest BCUT2D eigenvalue weighted by Gasteiger charge is 2.26. The van der Waals surface area contributed by atoms with Gasteiger partial charge in [0.25, 0.3) is 0 Å². The van der Waals surface area contributed by atoms with Crippen molar-refractivity contribution in [2.45, 2.75) is 13.0 Å². The van der Waals surface area contributed by atoms with Crippen LogP contribution < -0.4 is 10.1 Å². The lowest BCUT2D eigenvalue weighted by atomic mass is 10.1. The number of fused-ring (bicyclic) bond motifs is 1. The van der Waals surface area contributed by atoms with Crippen molar-refractivity contribution in [2.75, 3.05) is 5.32 Å². The SMILES string of the molecule is CC(Nc1ncnc(Oc2ccc3ccccc3c2)c1[N+](=O)[O-])c1ccccc1. The van der Waals surface area contributed by atoms with Crippen molar-refractivity contribution in [3.63, 3.8) is 0 Å². The zero-order valence-electron chi connectivity index (χ0n) is 15.6. The molecule has 7 heteroatoms. The molecule has 0 saturated heterocycles. The zero-order valence-corrected chi connectivity index (χ0v) is 15.6. The Morgan fingerprint density at radius 2 is 1.69 bits per heavy atom. The largest absolute Gasteiger partial charge is 0.434 e. The number of hydrogen-bond acceptors (Lipinski definition) is 6. The quantitative estimate of drug-likeness (QED) is 0.347. The summed E-state index contributed by atoms with van der Waals surface area (Å²) in [6.45, 7) is 1.91. The molecule has 0 aliphatic carbocycles. The normalized spacial score (nSPS) is 11.8. The number of ether oxygens (including phenoxy) is 1. The van der Waals surface area contributed by atoms with Crippen molar-refractivity contribution in [1.82, 2.24) is 9.97 Å². The van der Waals surface area contributed by atoms with Crippen molar-refractivity contribution < 1.29 is 9.66 Å². The van der Waals surface area contributed by atoms with Gasteiger partial charge in [0.05, 0.1) is 11.0 Å². The van der Waals surface area contributed by atoms with Crippen LogP contribution in [0.4, 0.5) is 11.5 Å². The first-order valence-electron chi connectivity index (χ1n) is 9.09. The molecule has 1 heterocycles. The highest BCUT2D eigenvalue weighted by molar-refractivity contribution is 5.83. The minimum Gasteiger partial charge on any atom is -0.434 e. The van der Waals surface area contributed by atoms with E-state index in [2.05, 4.69) is 15.3 Å². The topological polar surface area (TPSA) is 90.2 Å². The summed E-state index contributed by atoms with van der Waals surface area (Å²) in [5, 5.41) is 16.9. The fraction of sp³-hybridized carbons (Fsp3) is 0.0909. The number of nitrogens with one attached hydrogen (secondary N) is 1. The Bertz CT molecular complexity index is 1170. The molecule has 1 atom stereocenters. The summed E-state index contributed by atoms with van der Waals surface area (Å²) in [6.07, 6.45) is 1.25. The second kappa shape index (κ2) is 7.93. The predicted octanol–water partition coefficient (Wildman–Crippen LogP) is 5.50. The molecular weight excluding hydrogens is 368 g/mol. The van der Waals surface area contributed by atoms with Gasteiger partial charge in [-0.25, -0.2) is 4.98 Å². The summed E-state index contributed by atoms with van der Waals surface area (Å²) < 4.78 is 5.77. The Hall–Kier alpha value is -4.00. The van der Waals surface area contributed by atoms with Crippen molar-refractivity contribution in [1.29, 1.82) is 0 Å². The van der Waals surface area contributed by atoms with E-state index in [1.54, 1.807) is 6.07 Å². The predicted molar refractivity (Wildman–Crippen MR) is 111 cm³/mol. The van der Waals surface area contributed by atoms with Gasteiger partial charge in [-0.15, -0.1) is 0 Å². The van der Waals surface area contributed by atoms with Crippen molar-refractivity contribution >= 4 is 22.3 Å². The van der Waals surface area contributed by atoms with E-state index in [-0.39, 0.29) is 23.4 Å². The Morgan fingerprint density at radius 3 is 2.45 bits per heavy atom. The minimum atomic E-state index is -0.531. The van der Waals surface area contributed by atoms with Crippen LogP contribution in [0.2, 0.25) is 0 Å². The third-order valence-electron chi connectivity index (χ3n) is 4.56. The number of anilines is 1. The first kappa shape index (κ1) is 18.4. The molecule has 3 aromatic carbocycles. The first-order valence-corrected chi connectivity index (χ1v) is 9.09. The van der Waals surface area contributed by atoms with Crippen molar-refractivity contribution in [2.24, 2.45) is 0 Å². The highest BCUT2D eigenvalue weighted by Crippen LogP contribution is 2.36. The fourth-order valence-corrected chi connectivity index (χ4v) is 3.08. The van der Waals surface area contributed by atoms with Gasteiger partial charge in [0.2, 0.25) is 5.82 Å². The van der Waals surface area contributed by atoms with Gasteiger partial charge in [-0.3, -0.25) is 10.1 Å². The molecule has 0 fully saturated rings. The molecule has 1 aromatic heterocycles. The number of rotatable bonds is 6. The lowest BCUT2D eigenvalue weighted by Crippen LogP contribution is -2.11. The molecule has 7 nitrogen and oxygen atoms in total. The van der Waals surface area contributed by atoms with E-state index in [1.807, 2.05) is 73.7 Å². The highest BCUT2D eigenvalue weighted by atomic mass is 16.6. The van der Waals surface area contributed by atoms with Crippen molar-refractivity contribution in [3.8, 4) is 11.6 Å². The molecule has 0 radical (unpaired) electrons. The molecule has 4 aromatic rings. The van der Waals surface area contributed by atoms with E-state index in [9.17, 15) is 10.1 Å². The molecule has 0 spiro atoms. The van der Waals surface area contributed by atoms with Crippen LogP contribution in [-0.2, 0) is 0 Å². The maximum atomic E-state index is 11.8. The van der Waals surface area contributed by atoms with Gasteiger partial charge in [0.15, 0.2) is 0 Å². The molecule has 144 valence electrons. The summed E-state index contributed by atoms with van der Waals surface area (Å²) in [6, 6.07) is 22.7. The van der Waals surface area contributed by atoms with Crippen LogP contribution in [0.5, 0.6) is 11.6 Å². The van der Waals surface area contributed by atoms with E-state index in [0.29, 0.717) is 5.75 Å². The Balaban J connectivity index is 1.66. The van der Waals surface area contributed by atoms with Crippen LogP contribution in [0.3, 0.4) is 0 Å². The van der Waals surface area contributed by atoms with Gasteiger partial charge in [-0.1, -0.05) is 60.7 Å². The lowest BCUT2D eigenvalue weighted by Gasteiger charge is -2.15. The zero-order chi connectivity index (χ0) is 20.2. The van der Waals surface area contributed by atoms with Crippen LogP contribution in [0, 0.1) is 10.1 Å². The summed E-state index contributed by atoms with van der Waals surface area (Å²) in [4.78, 5) is 19.3. The monoisotopic (exact) mass is 386 g/mol. The maximum Gasteiger partial charge on any atom is 0.373 e. The van der Waals surface area contributed by atoms with Gasteiger partial charge in [-0.05, 0) is 35.4 Å². The van der Waals surface area contributed by atoms with Gasteiger partial charge >= 0.3 is 11.6 Å². The molecule has 0 aliphatic heterocycles. The van der Waals surface area contributed by atoms with E-state index in [1.165, 1.54) is 6.33 Å². The third kappa shape index (κ3) is 3.98. The number of nitrogens with zero attached hydrogens (tertiary/aromatic N) is 3. The second-order valence-corrected chi connectivity index (χ2v) is 6.52. The average molecular weight is 386 g/mol. The van der Waals surface area contributed by atoms with Crippen molar-refractivity contribution in [3.05, 3.63) is 94.8 Å². The molecule has 0 saturated carbocycles. The molecule has 4 rings (SSSR count). The van der Waals surface area contributed by atoms with E-state index in [4.69, 9.17) is 4.74 Å². The molecule has 0 aliphatic rings. The maximum absolute atomic E-state index is 11.8. The van der Waals surface area contributed by atoms with Crippen LogP contribution in [0.15, 0.2) is 79.1 Å². The molecular formula is C22H18N4O3. The summed E-state index contributed by atoms with van der Waals surface area (Å²) in [7, 11) is 0. The van der Waals surface area contributed by atoms with Gasteiger partial charge in [0.1, 0.15) is 12.1 Å². The van der Waals surface area contributed by atoms with Gasteiger partial charge < -0.3 is 10.1 Å². The molecule has 1 N–H and O–H groups in total. The van der Waals surface area contributed by atoms with E-state index < -0.39 is 4.92 Å².